The number of methoxy groups -OCH3 is 1. The summed E-state index contributed by atoms with van der Waals surface area (Å²) in [6.07, 6.45) is 1.66. The number of nitrogens with zero attached hydrogens (tertiary/aromatic N) is 3. The van der Waals surface area contributed by atoms with Crippen LogP contribution < -0.4 is 9.47 Å². The van der Waals surface area contributed by atoms with Gasteiger partial charge in [-0.15, -0.1) is 0 Å². The maximum atomic E-state index is 12.8. The van der Waals surface area contributed by atoms with Crippen LogP contribution in [0.2, 0.25) is 0 Å². The van der Waals surface area contributed by atoms with Gasteiger partial charge in [0.05, 0.1) is 19.3 Å². The maximum Gasteiger partial charge on any atom is 0.254 e. The molecule has 1 aromatic heterocycles. The quantitative estimate of drug-likeness (QED) is 0.697. The summed E-state index contributed by atoms with van der Waals surface area (Å²) in [6, 6.07) is 7.20. The number of aryl methyl sites for hydroxylation is 1. The minimum Gasteiger partial charge on any atom is -0.493 e. The van der Waals surface area contributed by atoms with Crippen molar-refractivity contribution in [3.8, 4) is 11.5 Å². The minimum atomic E-state index is -0.00118. The van der Waals surface area contributed by atoms with Crippen molar-refractivity contribution in [2.75, 3.05) is 39.9 Å². The lowest BCUT2D eigenvalue weighted by Gasteiger charge is -2.34. The number of amides is 1. The van der Waals surface area contributed by atoms with Crippen molar-refractivity contribution in [1.29, 1.82) is 0 Å². The van der Waals surface area contributed by atoms with E-state index in [0.29, 0.717) is 43.3 Å². The molecule has 0 saturated carbocycles. The van der Waals surface area contributed by atoms with Gasteiger partial charge in [0, 0.05) is 37.8 Å². The van der Waals surface area contributed by atoms with E-state index < -0.39 is 0 Å². The van der Waals surface area contributed by atoms with Gasteiger partial charge in [-0.3, -0.25) is 9.69 Å². The van der Waals surface area contributed by atoms with Crippen molar-refractivity contribution >= 4 is 5.91 Å². The third-order valence-electron chi connectivity index (χ3n) is 4.48. The molecule has 1 fully saturated rings. The molecule has 0 atom stereocenters. The predicted molar refractivity (Wildman–Crippen MR) is 101 cm³/mol. The molecule has 2 aromatic rings. The van der Waals surface area contributed by atoms with Crippen molar-refractivity contribution < 1.29 is 18.8 Å². The Morgan fingerprint density at radius 2 is 2.04 bits per heavy atom. The number of rotatable bonds is 7. The van der Waals surface area contributed by atoms with E-state index in [2.05, 4.69) is 16.6 Å². The smallest absolute Gasteiger partial charge is 0.254 e. The monoisotopic (exact) mass is 371 g/mol. The second kappa shape index (κ2) is 8.73. The highest BCUT2D eigenvalue weighted by Crippen LogP contribution is 2.28. The summed E-state index contributed by atoms with van der Waals surface area (Å²) >= 11 is 0. The predicted octanol–water partition coefficient (Wildman–Crippen LogP) is 2.51. The normalized spacial score (nSPS) is 14.8. The third kappa shape index (κ3) is 4.68. The Labute approximate surface area is 159 Å². The van der Waals surface area contributed by atoms with Gasteiger partial charge < -0.3 is 18.9 Å². The Balaban J connectivity index is 1.59. The van der Waals surface area contributed by atoms with Crippen molar-refractivity contribution in [1.82, 2.24) is 15.0 Å². The molecule has 7 nitrogen and oxygen atoms in total. The second-order valence-corrected chi connectivity index (χ2v) is 6.47. The molecule has 1 aliphatic heterocycles. The summed E-state index contributed by atoms with van der Waals surface area (Å²) in [5, 5.41) is 3.91. The van der Waals surface area contributed by atoms with Crippen molar-refractivity contribution in [3.63, 3.8) is 0 Å². The van der Waals surface area contributed by atoms with Crippen LogP contribution in [-0.4, -0.2) is 60.8 Å². The Bertz CT molecular complexity index is 794. The largest absolute Gasteiger partial charge is 0.493 e. The molecule has 1 saturated heterocycles. The molecule has 0 aliphatic carbocycles. The Hall–Kier alpha value is -2.80. The number of carbonyl (C=O) groups excluding carboxylic acids is 1. The lowest BCUT2D eigenvalue weighted by atomic mass is 10.1. The van der Waals surface area contributed by atoms with Crippen LogP contribution in [0.4, 0.5) is 0 Å². The number of ether oxygens (including phenoxy) is 2. The van der Waals surface area contributed by atoms with E-state index in [-0.39, 0.29) is 5.91 Å². The standard InChI is InChI=1S/C20H25N3O4/c1-4-11-26-18-6-5-16(13-19(18)25-3)20(24)23-9-7-22(8-10-23)14-17-12-15(2)21-27-17/h4-6,12-13H,1,7-11,14H2,2-3H3. The summed E-state index contributed by atoms with van der Waals surface area (Å²) in [5.74, 6) is 1.99. The number of hydrogen-bond acceptors (Lipinski definition) is 6. The topological polar surface area (TPSA) is 68.0 Å². The molecule has 0 unspecified atom stereocenters. The Morgan fingerprint density at radius 1 is 1.26 bits per heavy atom. The average molecular weight is 371 g/mol. The first-order chi connectivity index (χ1) is 13.1. The van der Waals surface area contributed by atoms with Gasteiger partial charge in [-0.2, -0.15) is 0 Å². The molecule has 1 amide bonds. The number of aromatic nitrogens is 1. The maximum absolute atomic E-state index is 12.8. The first-order valence-corrected chi connectivity index (χ1v) is 8.96. The number of hydrogen-bond donors (Lipinski definition) is 0. The van der Waals surface area contributed by atoms with E-state index in [0.717, 1.165) is 24.5 Å². The van der Waals surface area contributed by atoms with E-state index in [1.54, 1.807) is 31.4 Å². The number of carbonyl (C=O) groups is 1. The van der Waals surface area contributed by atoms with Crippen LogP contribution in [0.25, 0.3) is 0 Å². The van der Waals surface area contributed by atoms with E-state index in [1.807, 2.05) is 17.9 Å². The lowest BCUT2D eigenvalue weighted by molar-refractivity contribution is 0.0617. The molecule has 3 rings (SSSR count). The fourth-order valence-corrected chi connectivity index (χ4v) is 3.07. The van der Waals surface area contributed by atoms with Gasteiger partial charge in [-0.05, 0) is 25.1 Å². The molecule has 144 valence electrons. The fourth-order valence-electron chi connectivity index (χ4n) is 3.07. The van der Waals surface area contributed by atoms with Gasteiger partial charge in [-0.1, -0.05) is 17.8 Å². The van der Waals surface area contributed by atoms with Gasteiger partial charge >= 0.3 is 0 Å². The Morgan fingerprint density at radius 3 is 2.67 bits per heavy atom. The highest BCUT2D eigenvalue weighted by atomic mass is 16.5. The second-order valence-electron chi connectivity index (χ2n) is 6.47. The zero-order valence-electron chi connectivity index (χ0n) is 15.8. The van der Waals surface area contributed by atoms with Crippen LogP contribution in [-0.2, 0) is 6.54 Å². The summed E-state index contributed by atoms with van der Waals surface area (Å²) in [7, 11) is 1.56. The molecule has 0 radical (unpaired) electrons. The van der Waals surface area contributed by atoms with Crippen LogP contribution in [0.5, 0.6) is 11.5 Å². The van der Waals surface area contributed by atoms with E-state index >= 15 is 0 Å². The molecule has 27 heavy (non-hydrogen) atoms. The molecule has 7 heteroatoms. The van der Waals surface area contributed by atoms with Crippen LogP contribution >= 0.6 is 0 Å². The lowest BCUT2D eigenvalue weighted by Crippen LogP contribution is -2.48. The van der Waals surface area contributed by atoms with Gasteiger partial charge in [0.15, 0.2) is 17.3 Å². The molecule has 2 heterocycles. The van der Waals surface area contributed by atoms with Crippen LogP contribution in [0, 0.1) is 6.92 Å². The molecule has 0 bridgehead atoms. The van der Waals surface area contributed by atoms with Gasteiger partial charge in [0.25, 0.3) is 5.91 Å². The average Bonchev–Trinajstić information content (AvgIpc) is 3.11. The zero-order valence-corrected chi connectivity index (χ0v) is 15.8. The van der Waals surface area contributed by atoms with Crippen LogP contribution in [0.15, 0.2) is 41.4 Å². The van der Waals surface area contributed by atoms with Gasteiger partial charge in [-0.25, -0.2) is 0 Å². The summed E-state index contributed by atoms with van der Waals surface area (Å²) < 4.78 is 16.2. The van der Waals surface area contributed by atoms with Crippen molar-refractivity contribution in [3.05, 3.63) is 53.9 Å². The third-order valence-corrected chi connectivity index (χ3v) is 4.48. The fraction of sp³-hybridized carbons (Fsp3) is 0.400. The van der Waals surface area contributed by atoms with Gasteiger partial charge in [0.1, 0.15) is 6.61 Å². The first-order valence-electron chi connectivity index (χ1n) is 8.96. The SMILES string of the molecule is C=CCOc1ccc(C(=O)N2CCN(Cc3cc(C)no3)CC2)cc1OC. The molecular weight excluding hydrogens is 346 g/mol. The summed E-state index contributed by atoms with van der Waals surface area (Å²) in [4.78, 5) is 17.0. The van der Waals surface area contributed by atoms with E-state index in [9.17, 15) is 4.79 Å². The molecule has 1 aromatic carbocycles. The van der Waals surface area contributed by atoms with E-state index in [4.69, 9.17) is 14.0 Å². The zero-order chi connectivity index (χ0) is 19.2. The number of benzene rings is 1. The molecule has 1 aliphatic rings. The number of piperazine rings is 1. The van der Waals surface area contributed by atoms with Crippen LogP contribution in [0.3, 0.4) is 0 Å². The summed E-state index contributed by atoms with van der Waals surface area (Å²) in [5.41, 5.74) is 1.48. The molecular formula is C20H25N3O4. The van der Waals surface area contributed by atoms with E-state index in [1.165, 1.54) is 0 Å². The van der Waals surface area contributed by atoms with Crippen LogP contribution in [0.1, 0.15) is 21.8 Å². The highest BCUT2D eigenvalue weighted by Gasteiger charge is 2.23. The molecule has 0 spiro atoms. The molecule has 0 N–H and O–H groups in total. The van der Waals surface area contributed by atoms with Crippen molar-refractivity contribution in [2.24, 2.45) is 0 Å². The summed E-state index contributed by atoms with van der Waals surface area (Å²) in [6.45, 7) is 9.57. The van der Waals surface area contributed by atoms with Crippen molar-refractivity contribution in [2.45, 2.75) is 13.5 Å². The first kappa shape index (κ1) is 19.0. The van der Waals surface area contributed by atoms with Gasteiger partial charge in [0.2, 0.25) is 0 Å². The minimum absolute atomic E-state index is 0.00118. The highest BCUT2D eigenvalue weighted by molar-refractivity contribution is 5.95. The Kier molecular flexibility index (Phi) is 6.13.